The molecule has 2 heteroatoms. The first-order chi connectivity index (χ1) is 15.0. The van der Waals surface area contributed by atoms with Gasteiger partial charge in [-0.1, -0.05) is 25.1 Å². The molecule has 4 aliphatic carbocycles. The van der Waals surface area contributed by atoms with Gasteiger partial charge in [-0.3, -0.25) is 0 Å². The highest BCUT2D eigenvalue weighted by Crippen LogP contribution is 2.66. The van der Waals surface area contributed by atoms with Crippen LogP contribution in [0, 0.1) is 35.0 Å². The van der Waals surface area contributed by atoms with Crippen LogP contribution < -0.4 is 5.32 Å². The van der Waals surface area contributed by atoms with E-state index in [-0.39, 0.29) is 0 Å². The van der Waals surface area contributed by atoms with E-state index in [0.717, 1.165) is 48.1 Å². The molecule has 1 N–H and O–H groups in total. The molecule has 0 radical (unpaired) electrons. The van der Waals surface area contributed by atoms with E-state index >= 15 is 0 Å². The van der Waals surface area contributed by atoms with Crippen molar-refractivity contribution in [2.45, 2.75) is 83.2 Å². The summed E-state index contributed by atoms with van der Waals surface area (Å²) in [7, 11) is 4.60. The Kier molecular flexibility index (Phi) is 5.02. The van der Waals surface area contributed by atoms with Crippen LogP contribution in [0.25, 0.3) is 6.08 Å². The number of fused-ring (bicyclic) bond motifs is 6. The predicted molar refractivity (Wildman–Crippen MR) is 130 cm³/mol. The quantitative estimate of drug-likeness (QED) is 0.595. The summed E-state index contributed by atoms with van der Waals surface area (Å²) in [5.41, 5.74) is 5.08. The Morgan fingerprint density at radius 2 is 1.81 bits per heavy atom. The van der Waals surface area contributed by atoms with Crippen molar-refractivity contribution in [2.75, 3.05) is 14.1 Å². The van der Waals surface area contributed by atoms with Gasteiger partial charge in [-0.2, -0.15) is 0 Å². The van der Waals surface area contributed by atoms with E-state index in [1.165, 1.54) is 68.9 Å². The molecule has 4 saturated carbocycles. The molecule has 0 aromatic heterocycles. The highest BCUT2D eigenvalue weighted by molar-refractivity contribution is 5.56. The molecule has 4 unspecified atom stereocenters. The largest absolute Gasteiger partial charge is 0.387 e. The first-order valence-corrected chi connectivity index (χ1v) is 13.2. The van der Waals surface area contributed by atoms with E-state index in [1.807, 2.05) is 0 Å². The Morgan fingerprint density at radius 3 is 2.68 bits per heavy atom. The zero-order valence-electron chi connectivity index (χ0n) is 19.9. The van der Waals surface area contributed by atoms with E-state index in [4.69, 9.17) is 0 Å². The molecule has 1 aliphatic heterocycles. The van der Waals surface area contributed by atoms with Crippen molar-refractivity contribution in [2.24, 2.45) is 35.0 Å². The standard InChI is InChI=1S/C29H42N2/c1-29-14-12-25-24-9-7-23(31(2)3)17-20(24)6-8-26(25)28(29)11-10-27(29)21-5-4-19-13-15-30-18-22(19)16-21/h4-5,13,15-16,20,23-28,30H,6-12,14,17-18H2,1-3H3/t20?,23?,24?,25-,26?,27-,28+,29-/m1/s1. The van der Waals surface area contributed by atoms with Crippen LogP contribution in [0.3, 0.4) is 0 Å². The van der Waals surface area contributed by atoms with Crippen molar-refractivity contribution in [3.63, 3.8) is 0 Å². The number of nitrogens with one attached hydrogen (secondary N) is 1. The third-order valence-corrected chi connectivity index (χ3v) is 10.9. The molecule has 1 aromatic carbocycles. The molecule has 6 rings (SSSR count). The maximum atomic E-state index is 3.41. The number of nitrogens with zero attached hydrogens (tertiary/aromatic N) is 1. The van der Waals surface area contributed by atoms with Crippen molar-refractivity contribution in [1.29, 1.82) is 0 Å². The van der Waals surface area contributed by atoms with Crippen LogP contribution in [-0.2, 0) is 6.54 Å². The monoisotopic (exact) mass is 418 g/mol. The van der Waals surface area contributed by atoms with E-state index in [1.54, 1.807) is 5.56 Å². The summed E-state index contributed by atoms with van der Waals surface area (Å²) in [6.45, 7) is 3.69. The van der Waals surface area contributed by atoms with Crippen molar-refractivity contribution in [3.8, 4) is 0 Å². The van der Waals surface area contributed by atoms with Crippen LogP contribution in [0.5, 0.6) is 0 Å². The van der Waals surface area contributed by atoms with Crippen LogP contribution in [0.1, 0.15) is 87.3 Å². The van der Waals surface area contributed by atoms with Crippen LogP contribution in [0.15, 0.2) is 24.4 Å². The van der Waals surface area contributed by atoms with Crippen LogP contribution in [0.2, 0.25) is 0 Å². The number of hydrogen-bond acceptors (Lipinski definition) is 2. The van der Waals surface area contributed by atoms with Gasteiger partial charge in [0, 0.05) is 12.6 Å². The molecule has 8 atom stereocenters. The van der Waals surface area contributed by atoms with Crippen LogP contribution >= 0.6 is 0 Å². The smallest absolute Gasteiger partial charge is 0.0401 e. The van der Waals surface area contributed by atoms with Gasteiger partial charge in [-0.15, -0.1) is 0 Å². The number of hydrogen-bond donors (Lipinski definition) is 1. The lowest BCUT2D eigenvalue weighted by atomic mass is 9.49. The molecule has 5 aliphatic rings. The fourth-order valence-electron chi connectivity index (χ4n) is 9.32. The molecule has 0 spiro atoms. The minimum atomic E-state index is 0.529. The number of rotatable bonds is 2. The third-order valence-electron chi connectivity index (χ3n) is 10.9. The minimum absolute atomic E-state index is 0.529. The molecule has 1 aromatic rings. The van der Waals surface area contributed by atoms with E-state index in [9.17, 15) is 0 Å². The predicted octanol–water partition coefficient (Wildman–Crippen LogP) is 6.43. The number of benzene rings is 1. The molecule has 31 heavy (non-hydrogen) atoms. The SMILES string of the molecule is CN(C)C1CCC2C(CCC3[C@@H]2CC[C@]2(C)[C@@H](c4ccc5c(c4)CNC=C5)CC[C@@H]32)C1. The maximum Gasteiger partial charge on any atom is 0.0401 e. The second kappa shape index (κ2) is 7.65. The average molecular weight is 419 g/mol. The maximum absolute atomic E-state index is 3.41. The Morgan fingerprint density at radius 1 is 0.935 bits per heavy atom. The van der Waals surface area contributed by atoms with Crippen LogP contribution in [-0.4, -0.2) is 25.0 Å². The molecular formula is C29H42N2. The van der Waals surface area contributed by atoms with Gasteiger partial charge in [0.25, 0.3) is 0 Å². The van der Waals surface area contributed by atoms with Gasteiger partial charge in [0.05, 0.1) is 0 Å². The van der Waals surface area contributed by atoms with E-state index in [0.29, 0.717) is 5.41 Å². The highest BCUT2D eigenvalue weighted by Gasteiger charge is 2.57. The van der Waals surface area contributed by atoms with Gasteiger partial charge in [-0.05, 0) is 142 Å². The zero-order valence-corrected chi connectivity index (χ0v) is 19.9. The van der Waals surface area contributed by atoms with Gasteiger partial charge in [0.2, 0.25) is 0 Å². The Hall–Kier alpha value is -1.28. The van der Waals surface area contributed by atoms with Gasteiger partial charge in [0.15, 0.2) is 0 Å². The summed E-state index contributed by atoms with van der Waals surface area (Å²) in [6, 6.07) is 8.25. The molecule has 0 saturated heterocycles. The van der Waals surface area contributed by atoms with Crippen molar-refractivity contribution in [1.82, 2.24) is 10.2 Å². The highest BCUT2D eigenvalue weighted by atomic mass is 15.1. The lowest BCUT2D eigenvalue weighted by Crippen LogP contribution is -2.49. The summed E-state index contributed by atoms with van der Waals surface area (Å²) in [5.74, 6) is 5.86. The van der Waals surface area contributed by atoms with E-state index < -0.39 is 0 Å². The summed E-state index contributed by atoms with van der Waals surface area (Å²) in [5, 5.41) is 3.41. The molecule has 4 fully saturated rings. The summed E-state index contributed by atoms with van der Waals surface area (Å²) in [6.07, 6.45) is 17.7. The molecule has 2 nitrogen and oxygen atoms in total. The van der Waals surface area contributed by atoms with E-state index in [2.05, 4.69) is 61.7 Å². The van der Waals surface area contributed by atoms with Crippen molar-refractivity contribution < 1.29 is 0 Å². The summed E-state index contributed by atoms with van der Waals surface area (Å²) < 4.78 is 0. The zero-order chi connectivity index (χ0) is 21.2. The topological polar surface area (TPSA) is 15.3 Å². The Balaban J connectivity index is 1.23. The molecule has 168 valence electrons. The van der Waals surface area contributed by atoms with Crippen molar-refractivity contribution >= 4 is 6.08 Å². The minimum Gasteiger partial charge on any atom is -0.387 e. The molecule has 1 heterocycles. The lowest BCUT2D eigenvalue weighted by Gasteiger charge is -2.56. The average Bonchev–Trinajstić information content (AvgIpc) is 3.15. The summed E-state index contributed by atoms with van der Waals surface area (Å²) in [4.78, 5) is 2.51. The molecule has 0 amide bonds. The second-order valence-electron chi connectivity index (χ2n) is 12.2. The fourth-order valence-corrected chi connectivity index (χ4v) is 9.32. The first-order valence-electron chi connectivity index (χ1n) is 13.2. The third kappa shape index (κ3) is 3.23. The normalized spacial score (nSPS) is 43.5. The van der Waals surface area contributed by atoms with Crippen LogP contribution in [0.4, 0.5) is 0 Å². The Labute approximate surface area is 189 Å². The fraction of sp³-hybridized carbons (Fsp3) is 0.724. The molecule has 0 bridgehead atoms. The van der Waals surface area contributed by atoms with Crippen molar-refractivity contribution in [3.05, 3.63) is 41.1 Å². The Bertz CT molecular complexity index is 856. The second-order valence-corrected chi connectivity index (χ2v) is 12.2. The molecular weight excluding hydrogens is 376 g/mol. The van der Waals surface area contributed by atoms with Gasteiger partial charge >= 0.3 is 0 Å². The van der Waals surface area contributed by atoms with Gasteiger partial charge < -0.3 is 10.2 Å². The van der Waals surface area contributed by atoms with Gasteiger partial charge in [0.1, 0.15) is 0 Å². The van der Waals surface area contributed by atoms with Gasteiger partial charge in [-0.25, -0.2) is 0 Å². The lowest BCUT2D eigenvalue weighted by molar-refractivity contribution is -0.0624. The summed E-state index contributed by atoms with van der Waals surface area (Å²) >= 11 is 0. The first kappa shape index (κ1) is 20.3.